The first-order valence-electron chi connectivity index (χ1n) is 5.75. The summed E-state index contributed by atoms with van der Waals surface area (Å²) in [5.41, 5.74) is 1.91. The largest absolute Gasteiger partial charge is 0.507 e. The summed E-state index contributed by atoms with van der Waals surface area (Å²) in [6, 6.07) is 7.64. The maximum absolute atomic E-state index is 12.0. The molecule has 3 N–H and O–H groups in total. The van der Waals surface area contributed by atoms with Gasteiger partial charge in [-0.2, -0.15) is 0 Å². The van der Waals surface area contributed by atoms with Gasteiger partial charge in [0.15, 0.2) is 0 Å². The predicted octanol–water partition coefficient (Wildman–Crippen LogP) is 2.36. The van der Waals surface area contributed by atoms with Crippen LogP contribution in [0.25, 0.3) is 0 Å². The molecular weight excluding hydrogens is 244 g/mol. The maximum atomic E-state index is 12.0. The lowest BCUT2D eigenvalue weighted by atomic mass is 10.1. The summed E-state index contributed by atoms with van der Waals surface area (Å²) in [4.78, 5) is 16.3. The van der Waals surface area contributed by atoms with E-state index in [-0.39, 0.29) is 17.1 Å². The quantitative estimate of drug-likeness (QED) is 0.772. The zero-order valence-electron chi connectivity index (χ0n) is 10.6. The Labute approximate surface area is 110 Å². The number of carbonyl (C=O) groups is 1. The molecule has 0 unspecified atom stereocenters. The lowest BCUT2D eigenvalue weighted by Crippen LogP contribution is -2.13. The number of phenolic OH excluding ortho intramolecular Hbond substituents is 2. The average Bonchev–Trinajstić information content (AvgIpc) is 2.32. The summed E-state index contributed by atoms with van der Waals surface area (Å²) in [5, 5.41) is 21.8. The van der Waals surface area contributed by atoms with Crippen molar-refractivity contribution < 1.29 is 15.0 Å². The molecular formula is C14H14N2O3. The standard InChI is InChI=1S/C14H14N2O3/c1-8-6-7-10(9(2)15-8)16-14(19)13-11(17)4-3-5-12(13)18/h3-7,17-18H,1-2H3,(H,16,19). The van der Waals surface area contributed by atoms with Crippen LogP contribution in [0.5, 0.6) is 11.5 Å². The van der Waals surface area contributed by atoms with E-state index in [1.165, 1.54) is 18.2 Å². The number of benzene rings is 1. The molecule has 0 saturated carbocycles. The second-order valence-corrected chi connectivity index (χ2v) is 4.21. The summed E-state index contributed by atoms with van der Waals surface area (Å²) in [6.45, 7) is 3.63. The smallest absolute Gasteiger partial charge is 0.263 e. The van der Waals surface area contributed by atoms with E-state index < -0.39 is 5.91 Å². The monoisotopic (exact) mass is 258 g/mol. The van der Waals surface area contributed by atoms with E-state index in [1.807, 2.05) is 6.92 Å². The van der Waals surface area contributed by atoms with Gasteiger partial charge in [0, 0.05) is 5.69 Å². The van der Waals surface area contributed by atoms with Gasteiger partial charge in [0.1, 0.15) is 17.1 Å². The van der Waals surface area contributed by atoms with Gasteiger partial charge in [-0.15, -0.1) is 0 Å². The van der Waals surface area contributed by atoms with Crippen molar-refractivity contribution in [2.75, 3.05) is 5.32 Å². The Bertz CT molecular complexity index is 618. The van der Waals surface area contributed by atoms with Gasteiger partial charge in [0.05, 0.1) is 11.4 Å². The Morgan fingerprint density at radius 3 is 2.32 bits per heavy atom. The molecule has 0 bridgehead atoms. The fourth-order valence-electron chi connectivity index (χ4n) is 1.76. The topological polar surface area (TPSA) is 82.5 Å². The molecule has 1 heterocycles. The number of nitrogens with zero attached hydrogens (tertiary/aromatic N) is 1. The molecule has 0 aliphatic carbocycles. The molecule has 19 heavy (non-hydrogen) atoms. The molecule has 0 fully saturated rings. The first-order valence-corrected chi connectivity index (χ1v) is 5.75. The number of carbonyl (C=O) groups excluding carboxylic acids is 1. The van der Waals surface area contributed by atoms with Crippen molar-refractivity contribution in [2.45, 2.75) is 13.8 Å². The highest BCUT2D eigenvalue weighted by atomic mass is 16.3. The summed E-state index contributed by atoms with van der Waals surface area (Å²) in [5.74, 6) is -1.12. The van der Waals surface area contributed by atoms with Gasteiger partial charge in [0.25, 0.3) is 5.91 Å². The number of pyridine rings is 1. The number of aryl methyl sites for hydroxylation is 2. The number of nitrogens with one attached hydrogen (secondary N) is 1. The van der Waals surface area contributed by atoms with Crippen LogP contribution in [0.15, 0.2) is 30.3 Å². The summed E-state index contributed by atoms with van der Waals surface area (Å²) in [6.07, 6.45) is 0. The van der Waals surface area contributed by atoms with Crippen LogP contribution in [0.3, 0.4) is 0 Å². The molecule has 0 aliphatic heterocycles. The third-order valence-corrected chi connectivity index (χ3v) is 2.72. The van der Waals surface area contributed by atoms with Crippen LogP contribution in [0.4, 0.5) is 5.69 Å². The number of rotatable bonds is 2. The number of aromatic hydroxyl groups is 2. The van der Waals surface area contributed by atoms with Gasteiger partial charge in [-0.05, 0) is 38.1 Å². The summed E-state index contributed by atoms with van der Waals surface area (Å²) >= 11 is 0. The van der Waals surface area contributed by atoms with Gasteiger partial charge in [-0.3, -0.25) is 9.78 Å². The van der Waals surface area contributed by atoms with Crippen LogP contribution < -0.4 is 5.32 Å². The molecule has 0 aliphatic rings. The molecule has 2 aromatic rings. The number of phenols is 2. The number of aromatic nitrogens is 1. The summed E-state index contributed by atoms with van der Waals surface area (Å²) < 4.78 is 0. The molecule has 0 atom stereocenters. The van der Waals surface area contributed by atoms with Crippen LogP contribution in [0.1, 0.15) is 21.7 Å². The Balaban J connectivity index is 2.31. The molecule has 5 nitrogen and oxygen atoms in total. The normalized spacial score (nSPS) is 10.2. The zero-order chi connectivity index (χ0) is 14.0. The Morgan fingerprint density at radius 1 is 1.11 bits per heavy atom. The van der Waals surface area contributed by atoms with E-state index in [0.717, 1.165) is 5.69 Å². The lowest BCUT2D eigenvalue weighted by Gasteiger charge is -2.10. The molecule has 0 saturated heterocycles. The Morgan fingerprint density at radius 2 is 1.74 bits per heavy atom. The van der Waals surface area contributed by atoms with E-state index in [9.17, 15) is 15.0 Å². The molecule has 0 radical (unpaired) electrons. The van der Waals surface area contributed by atoms with E-state index in [1.54, 1.807) is 19.1 Å². The molecule has 0 spiro atoms. The Hall–Kier alpha value is -2.56. The van der Waals surface area contributed by atoms with Gasteiger partial charge < -0.3 is 15.5 Å². The number of anilines is 1. The van der Waals surface area contributed by atoms with Crippen LogP contribution in [-0.2, 0) is 0 Å². The summed E-state index contributed by atoms with van der Waals surface area (Å²) in [7, 11) is 0. The first kappa shape index (κ1) is 12.9. The van der Waals surface area contributed by atoms with Crippen LogP contribution in [-0.4, -0.2) is 21.1 Å². The van der Waals surface area contributed by atoms with Crippen molar-refractivity contribution in [1.82, 2.24) is 4.98 Å². The Kier molecular flexibility index (Phi) is 3.37. The van der Waals surface area contributed by atoms with E-state index in [0.29, 0.717) is 11.4 Å². The molecule has 98 valence electrons. The van der Waals surface area contributed by atoms with Crippen molar-refractivity contribution >= 4 is 11.6 Å². The average molecular weight is 258 g/mol. The zero-order valence-corrected chi connectivity index (χ0v) is 10.6. The van der Waals surface area contributed by atoms with E-state index in [4.69, 9.17) is 0 Å². The minimum absolute atomic E-state index is 0.150. The maximum Gasteiger partial charge on any atom is 0.263 e. The fourth-order valence-corrected chi connectivity index (χ4v) is 1.76. The second-order valence-electron chi connectivity index (χ2n) is 4.21. The second kappa shape index (κ2) is 4.97. The fraction of sp³-hybridized carbons (Fsp3) is 0.143. The third kappa shape index (κ3) is 2.65. The van der Waals surface area contributed by atoms with Crippen molar-refractivity contribution in [3.63, 3.8) is 0 Å². The predicted molar refractivity (Wildman–Crippen MR) is 71.4 cm³/mol. The molecule has 2 rings (SSSR count). The van der Waals surface area contributed by atoms with Gasteiger partial charge in [0.2, 0.25) is 0 Å². The number of hydrogen-bond acceptors (Lipinski definition) is 4. The van der Waals surface area contributed by atoms with Crippen LogP contribution in [0.2, 0.25) is 0 Å². The minimum Gasteiger partial charge on any atom is -0.507 e. The van der Waals surface area contributed by atoms with Crippen molar-refractivity contribution in [2.24, 2.45) is 0 Å². The lowest BCUT2D eigenvalue weighted by molar-refractivity contribution is 0.102. The van der Waals surface area contributed by atoms with Crippen LogP contribution in [0, 0.1) is 13.8 Å². The highest BCUT2D eigenvalue weighted by Gasteiger charge is 2.16. The molecule has 1 amide bonds. The van der Waals surface area contributed by atoms with Crippen LogP contribution >= 0.6 is 0 Å². The SMILES string of the molecule is Cc1ccc(NC(=O)c2c(O)cccc2O)c(C)n1. The number of hydrogen-bond donors (Lipinski definition) is 3. The van der Waals surface area contributed by atoms with Crippen molar-refractivity contribution in [3.8, 4) is 11.5 Å². The van der Waals surface area contributed by atoms with Crippen molar-refractivity contribution in [3.05, 3.63) is 47.3 Å². The highest BCUT2D eigenvalue weighted by molar-refractivity contribution is 6.08. The third-order valence-electron chi connectivity index (χ3n) is 2.72. The first-order chi connectivity index (χ1) is 8.99. The molecule has 5 heteroatoms. The van der Waals surface area contributed by atoms with E-state index >= 15 is 0 Å². The molecule has 1 aromatic heterocycles. The van der Waals surface area contributed by atoms with Gasteiger partial charge >= 0.3 is 0 Å². The highest BCUT2D eigenvalue weighted by Crippen LogP contribution is 2.27. The van der Waals surface area contributed by atoms with E-state index in [2.05, 4.69) is 10.3 Å². The van der Waals surface area contributed by atoms with Crippen molar-refractivity contribution in [1.29, 1.82) is 0 Å². The minimum atomic E-state index is -0.579. The number of amides is 1. The van der Waals surface area contributed by atoms with Gasteiger partial charge in [-0.25, -0.2) is 0 Å². The molecule has 1 aromatic carbocycles. The van der Waals surface area contributed by atoms with Gasteiger partial charge in [-0.1, -0.05) is 6.07 Å².